The topological polar surface area (TPSA) is 46.2 Å². The van der Waals surface area contributed by atoms with Crippen molar-refractivity contribution < 1.29 is 5.11 Å². The molecule has 0 unspecified atom stereocenters. The molecule has 2 nitrogen and oxygen atoms in total. The first kappa shape index (κ1) is 10.5. The summed E-state index contributed by atoms with van der Waals surface area (Å²) in [4.78, 5) is 0. The van der Waals surface area contributed by atoms with E-state index in [1.165, 1.54) is 0 Å². The van der Waals surface area contributed by atoms with Crippen LogP contribution in [0.1, 0.15) is 11.1 Å². The Morgan fingerprint density at radius 3 is 2.69 bits per heavy atom. The molecular formula is C10H14ClNO. The monoisotopic (exact) mass is 199 g/mol. The number of nitrogens with two attached hydrogens (primary N) is 1. The van der Waals surface area contributed by atoms with Crippen molar-refractivity contribution in [2.45, 2.75) is 19.1 Å². The van der Waals surface area contributed by atoms with E-state index in [0.29, 0.717) is 13.0 Å². The Morgan fingerprint density at radius 2 is 2.08 bits per heavy atom. The zero-order chi connectivity index (χ0) is 9.68. The number of benzene rings is 1. The van der Waals surface area contributed by atoms with Crippen LogP contribution in [0.25, 0.3) is 0 Å². The highest BCUT2D eigenvalue weighted by Crippen LogP contribution is 2.07. The van der Waals surface area contributed by atoms with E-state index in [1.54, 1.807) is 0 Å². The number of hydrogen-bond acceptors (Lipinski definition) is 2. The molecule has 0 aliphatic rings. The molecule has 72 valence electrons. The average Bonchev–Trinajstić information content (AvgIpc) is 2.18. The Morgan fingerprint density at radius 1 is 1.38 bits per heavy atom. The largest absolute Gasteiger partial charge is 0.392 e. The van der Waals surface area contributed by atoms with Gasteiger partial charge in [-0.05, 0) is 17.5 Å². The zero-order valence-electron chi connectivity index (χ0n) is 7.41. The molecule has 0 bridgehead atoms. The highest BCUT2D eigenvalue weighted by molar-refractivity contribution is 6.18. The fraction of sp³-hybridized carbons (Fsp3) is 0.400. The molecule has 0 saturated carbocycles. The van der Waals surface area contributed by atoms with E-state index in [1.807, 2.05) is 24.3 Å². The van der Waals surface area contributed by atoms with Gasteiger partial charge >= 0.3 is 0 Å². The molecule has 3 heteroatoms. The average molecular weight is 200 g/mol. The summed E-state index contributed by atoms with van der Waals surface area (Å²) in [5, 5.41) is 9.31. The SMILES string of the molecule is NCc1cccc(C[C@@H](O)CCl)c1. The minimum absolute atomic E-state index is 0.271. The van der Waals surface area contributed by atoms with Crippen LogP contribution in [-0.4, -0.2) is 17.1 Å². The zero-order valence-corrected chi connectivity index (χ0v) is 8.17. The van der Waals surface area contributed by atoms with E-state index in [9.17, 15) is 5.11 Å². The molecule has 1 aromatic carbocycles. The van der Waals surface area contributed by atoms with Crippen molar-refractivity contribution >= 4 is 11.6 Å². The number of aliphatic hydroxyl groups excluding tert-OH is 1. The van der Waals surface area contributed by atoms with Crippen molar-refractivity contribution in [2.75, 3.05) is 5.88 Å². The van der Waals surface area contributed by atoms with Crippen molar-refractivity contribution in [3.05, 3.63) is 35.4 Å². The van der Waals surface area contributed by atoms with Crippen molar-refractivity contribution in [2.24, 2.45) is 5.73 Å². The maximum atomic E-state index is 9.31. The fourth-order valence-corrected chi connectivity index (χ4v) is 1.32. The minimum Gasteiger partial charge on any atom is -0.392 e. The Kier molecular flexibility index (Phi) is 4.22. The van der Waals surface area contributed by atoms with Gasteiger partial charge in [0.25, 0.3) is 0 Å². The molecule has 1 rings (SSSR count). The number of halogens is 1. The number of aliphatic hydroxyl groups is 1. The number of alkyl halides is 1. The molecule has 0 spiro atoms. The molecule has 1 atom stereocenters. The summed E-state index contributed by atoms with van der Waals surface area (Å²) >= 11 is 5.50. The predicted molar refractivity (Wildman–Crippen MR) is 54.8 cm³/mol. The predicted octanol–water partition coefficient (Wildman–Crippen LogP) is 1.29. The van der Waals surface area contributed by atoms with Gasteiger partial charge in [0.05, 0.1) is 6.10 Å². The van der Waals surface area contributed by atoms with Gasteiger partial charge in [0.15, 0.2) is 0 Å². The second kappa shape index (κ2) is 5.22. The van der Waals surface area contributed by atoms with E-state index in [-0.39, 0.29) is 5.88 Å². The number of hydrogen-bond donors (Lipinski definition) is 2. The lowest BCUT2D eigenvalue weighted by Crippen LogP contribution is -2.12. The molecule has 0 heterocycles. The highest BCUT2D eigenvalue weighted by atomic mass is 35.5. The van der Waals surface area contributed by atoms with Gasteiger partial charge in [-0.3, -0.25) is 0 Å². The third kappa shape index (κ3) is 3.35. The van der Waals surface area contributed by atoms with E-state index in [4.69, 9.17) is 17.3 Å². The third-order valence-corrected chi connectivity index (χ3v) is 2.23. The Balaban J connectivity index is 2.66. The maximum absolute atomic E-state index is 9.31. The maximum Gasteiger partial charge on any atom is 0.0715 e. The molecule has 0 aromatic heterocycles. The summed E-state index contributed by atoms with van der Waals surface area (Å²) in [5.41, 5.74) is 7.66. The fourth-order valence-electron chi connectivity index (χ4n) is 1.21. The summed E-state index contributed by atoms with van der Waals surface area (Å²) < 4.78 is 0. The molecule has 13 heavy (non-hydrogen) atoms. The normalized spacial score (nSPS) is 12.8. The van der Waals surface area contributed by atoms with Crippen LogP contribution in [0.2, 0.25) is 0 Å². The molecule has 0 saturated heterocycles. The van der Waals surface area contributed by atoms with Gasteiger partial charge in [-0.1, -0.05) is 24.3 Å². The second-order valence-electron chi connectivity index (χ2n) is 3.04. The van der Waals surface area contributed by atoms with Crippen LogP contribution in [-0.2, 0) is 13.0 Å². The molecule has 0 radical (unpaired) electrons. The van der Waals surface area contributed by atoms with E-state index >= 15 is 0 Å². The summed E-state index contributed by atoms with van der Waals surface area (Å²) in [6.45, 7) is 0.533. The van der Waals surface area contributed by atoms with Crippen molar-refractivity contribution in [1.82, 2.24) is 0 Å². The van der Waals surface area contributed by atoms with E-state index in [2.05, 4.69) is 0 Å². The number of rotatable bonds is 4. The van der Waals surface area contributed by atoms with Crippen LogP contribution >= 0.6 is 11.6 Å². The summed E-state index contributed by atoms with van der Waals surface area (Å²) in [6, 6.07) is 7.87. The van der Waals surface area contributed by atoms with Crippen LogP contribution in [0.5, 0.6) is 0 Å². The molecule has 0 aliphatic heterocycles. The van der Waals surface area contributed by atoms with Gasteiger partial charge in [-0.25, -0.2) is 0 Å². The van der Waals surface area contributed by atoms with Crippen LogP contribution in [0, 0.1) is 0 Å². The summed E-state index contributed by atoms with van der Waals surface area (Å²) in [5.74, 6) is 0.271. The molecular weight excluding hydrogens is 186 g/mol. The first-order chi connectivity index (χ1) is 6.26. The van der Waals surface area contributed by atoms with E-state index in [0.717, 1.165) is 11.1 Å². The van der Waals surface area contributed by atoms with Crippen LogP contribution < -0.4 is 5.73 Å². The van der Waals surface area contributed by atoms with Gasteiger partial charge in [-0.15, -0.1) is 11.6 Å². The van der Waals surface area contributed by atoms with Gasteiger partial charge < -0.3 is 10.8 Å². The summed E-state index contributed by atoms with van der Waals surface area (Å²) in [6.07, 6.45) is 0.131. The Bertz CT molecular complexity index is 265. The quantitative estimate of drug-likeness (QED) is 0.718. The minimum atomic E-state index is -0.463. The lowest BCUT2D eigenvalue weighted by atomic mass is 10.1. The standard InChI is InChI=1S/C10H14ClNO/c11-6-10(13)5-8-2-1-3-9(4-8)7-12/h1-4,10,13H,5-7,12H2/t10-/m1/s1. The summed E-state index contributed by atoms with van der Waals surface area (Å²) in [7, 11) is 0. The third-order valence-electron chi connectivity index (χ3n) is 1.88. The van der Waals surface area contributed by atoms with Crippen LogP contribution in [0.3, 0.4) is 0 Å². The first-order valence-corrected chi connectivity index (χ1v) is 4.81. The van der Waals surface area contributed by atoms with Crippen molar-refractivity contribution in [3.8, 4) is 0 Å². The van der Waals surface area contributed by atoms with Crippen LogP contribution in [0.4, 0.5) is 0 Å². The van der Waals surface area contributed by atoms with Gasteiger partial charge in [0.1, 0.15) is 0 Å². The lowest BCUT2D eigenvalue weighted by molar-refractivity contribution is 0.198. The van der Waals surface area contributed by atoms with Gasteiger partial charge in [-0.2, -0.15) is 0 Å². The van der Waals surface area contributed by atoms with Crippen LogP contribution in [0.15, 0.2) is 24.3 Å². The van der Waals surface area contributed by atoms with Gasteiger partial charge in [0.2, 0.25) is 0 Å². The van der Waals surface area contributed by atoms with E-state index < -0.39 is 6.10 Å². The molecule has 0 fully saturated rings. The lowest BCUT2D eigenvalue weighted by Gasteiger charge is -2.07. The second-order valence-corrected chi connectivity index (χ2v) is 3.34. The Hall–Kier alpha value is -0.570. The van der Waals surface area contributed by atoms with Crippen molar-refractivity contribution in [3.63, 3.8) is 0 Å². The molecule has 3 N–H and O–H groups in total. The smallest absolute Gasteiger partial charge is 0.0715 e. The molecule has 0 aliphatic carbocycles. The van der Waals surface area contributed by atoms with Gasteiger partial charge in [0, 0.05) is 12.4 Å². The van der Waals surface area contributed by atoms with Crippen molar-refractivity contribution in [1.29, 1.82) is 0 Å². The highest BCUT2D eigenvalue weighted by Gasteiger charge is 2.03. The molecule has 0 amide bonds. The molecule has 1 aromatic rings. The Labute approximate surface area is 83.3 Å². The first-order valence-electron chi connectivity index (χ1n) is 4.28.